The molecule has 7 fully saturated rings. The predicted molar refractivity (Wildman–Crippen MR) is 152 cm³/mol. The van der Waals surface area contributed by atoms with E-state index in [1.54, 1.807) is 0 Å². The highest BCUT2D eigenvalue weighted by molar-refractivity contribution is 5.16. The maximum absolute atomic E-state index is 10.9. The summed E-state index contributed by atoms with van der Waals surface area (Å²) in [7, 11) is 0. The molecule has 7 aliphatic rings. The van der Waals surface area contributed by atoms with Gasteiger partial charge in [-0.05, 0) is 91.3 Å². The summed E-state index contributed by atoms with van der Waals surface area (Å²) in [5.74, 6) is 2.84. The maximum Gasteiger partial charge on any atom is 0.186 e. The Kier molecular flexibility index (Phi) is 7.64. The predicted octanol–water partition coefficient (Wildman–Crippen LogP) is 2.59. The van der Waals surface area contributed by atoms with Gasteiger partial charge in [0.2, 0.25) is 0 Å². The number of hydrogen-bond acceptors (Lipinski definition) is 9. The summed E-state index contributed by atoms with van der Waals surface area (Å²) in [6, 6.07) is 0. The monoisotopic (exact) mass is 594 g/mol. The van der Waals surface area contributed by atoms with Gasteiger partial charge in [0.1, 0.15) is 24.4 Å². The van der Waals surface area contributed by atoms with Crippen LogP contribution in [0.25, 0.3) is 0 Å². The van der Waals surface area contributed by atoms with Crippen LogP contribution < -0.4 is 0 Å². The van der Waals surface area contributed by atoms with E-state index in [4.69, 9.17) is 18.9 Å². The van der Waals surface area contributed by atoms with Crippen molar-refractivity contribution >= 4 is 0 Å². The van der Waals surface area contributed by atoms with Crippen LogP contribution >= 0.6 is 0 Å². The van der Waals surface area contributed by atoms with Crippen LogP contribution in [0.3, 0.4) is 0 Å². The summed E-state index contributed by atoms with van der Waals surface area (Å²) < 4.78 is 25.8. The molecular formula is C33H54O9. The molecule has 0 unspecified atom stereocenters. The molecule has 3 saturated heterocycles. The molecule has 4 aliphatic carbocycles. The summed E-state index contributed by atoms with van der Waals surface area (Å²) in [6.45, 7) is 9.81. The maximum atomic E-state index is 10.9. The van der Waals surface area contributed by atoms with Crippen LogP contribution in [0.2, 0.25) is 0 Å². The van der Waals surface area contributed by atoms with Crippen molar-refractivity contribution < 1.29 is 44.5 Å². The molecule has 9 nitrogen and oxygen atoms in total. The van der Waals surface area contributed by atoms with Crippen LogP contribution in [0.4, 0.5) is 0 Å². The van der Waals surface area contributed by atoms with Crippen LogP contribution in [0, 0.1) is 52.3 Å². The number of fused-ring (bicyclic) bond motifs is 7. The van der Waals surface area contributed by atoms with Crippen LogP contribution in [0.1, 0.15) is 85.5 Å². The SMILES string of the molecule is C[C@@H]1CC[C@@]2(OC1)O[C@H]1C[C@H]3[C@@H]4CC[C@H]5C[C@@H](O)C[C@@H](O[C@@H]6O[C@H](CO)[C@@H](O)[C@H](O)[C@H]6O)[C@]5(C)[C@H]4CC[C@]3(C)[C@H]1[C@@H]2C. The van der Waals surface area contributed by atoms with Crippen molar-refractivity contribution in [1.29, 1.82) is 0 Å². The highest BCUT2D eigenvalue weighted by Crippen LogP contribution is 2.71. The average Bonchev–Trinajstić information content (AvgIpc) is 3.41. The normalized spacial score (nSPS) is 60.9. The first kappa shape index (κ1) is 30.3. The van der Waals surface area contributed by atoms with Gasteiger partial charge in [0, 0.05) is 18.8 Å². The zero-order chi connectivity index (χ0) is 29.8. The molecular weight excluding hydrogens is 540 g/mol. The van der Waals surface area contributed by atoms with Crippen molar-refractivity contribution in [2.75, 3.05) is 13.2 Å². The molecule has 0 amide bonds. The molecule has 0 aromatic rings. The van der Waals surface area contributed by atoms with E-state index in [2.05, 4.69) is 27.7 Å². The molecule has 3 aliphatic heterocycles. The molecule has 0 radical (unpaired) electrons. The second kappa shape index (κ2) is 10.6. The Hall–Kier alpha value is -0.360. The van der Waals surface area contributed by atoms with Crippen molar-refractivity contribution in [1.82, 2.24) is 0 Å². The Morgan fingerprint density at radius 3 is 2.36 bits per heavy atom. The van der Waals surface area contributed by atoms with Gasteiger partial charge in [-0.25, -0.2) is 0 Å². The quantitative estimate of drug-likeness (QED) is 0.334. The van der Waals surface area contributed by atoms with E-state index in [-0.39, 0.29) is 23.0 Å². The molecule has 42 heavy (non-hydrogen) atoms. The smallest absolute Gasteiger partial charge is 0.186 e. The zero-order valence-electron chi connectivity index (χ0n) is 25.8. The van der Waals surface area contributed by atoms with Gasteiger partial charge in [0.15, 0.2) is 12.1 Å². The minimum absolute atomic E-state index is 0.201. The fraction of sp³-hybridized carbons (Fsp3) is 1.00. The lowest BCUT2D eigenvalue weighted by Gasteiger charge is -2.63. The fourth-order valence-corrected chi connectivity index (χ4v) is 11.8. The second-order valence-electron chi connectivity index (χ2n) is 16.0. The van der Waals surface area contributed by atoms with Crippen LogP contribution in [-0.2, 0) is 18.9 Å². The van der Waals surface area contributed by atoms with Gasteiger partial charge in [0.05, 0.1) is 31.5 Å². The number of rotatable bonds is 3. The van der Waals surface area contributed by atoms with Gasteiger partial charge < -0.3 is 44.5 Å². The van der Waals surface area contributed by atoms with Crippen molar-refractivity contribution in [3.05, 3.63) is 0 Å². The lowest BCUT2D eigenvalue weighted by atomic mass is 9.43. The first-order valence-corrected chi connectivity index (χ1v) is 16.9. The number of hydrogen-bond donors (Lipinski definition) is 5. The van der Waals surface area contributed by atoms with Gasteiger partial charge in [-0.15, -0.1) is 0 Å². The Morgan fingerprint density at radius 1 is 0.857 bits per heavy atom. The topological polar surface area (TPSA) is 138 Å². The van der Waals surface area contributed by atoms with E-state index in [1.165, 1.54) is 0 Å². The molecule has 5 N–H and O–H groups in total. The standard InChI is InChI=1S/C33H54O9/c1-16-7-10-33(39-15-16)17(2)26-23(42-33)13-22-20-6-5-18-11-19(35)12-25(32(18,4)21(20)8-9-31(22,26)3)41-30-29(38)28(37)27(36)24(14-34)40-30/h16-30,34-38H,5-15H2,1-4H3/t16-,17+,18+,19-,20-,21+,22+,23+,24-,25-,26+,27-,28+,29-,30+,31+,32+,33-/m1/s1. The molecule has 0 bridgehead atoms. The molecule has 0 aromatic heterocycles. The summed E-state index contributed by atoms with van der Waals surface area (Å²) in [6.07, 6.45) is 1.66. The van der Waals surface area contributed by atoms with Crippen molar-refractivity contribution in [3.8, 4) is 0 Å². The van der Waals surface area contributed by atoms with Crippen LogP contribution in [0.15, 0.2) is 0 Å². The number of aliphatic hydroxyl groups is 5. The third-order valence-electron chi connectivity index (χ3n) is 14.1. The van der Waals surface area contributed by atoms with E-state index >= 15 is 0 Å². The lowest BCUT2D eigenvalue weighted by Crippen LogP contribution is -2.64. The van der Waals surface area contributed by atoms with Crippen molar-refractivity contribution in [2.24, 2.45) is 52.3 Å². The van der Waals surface area contributed by atoms with Crippen molar-refractivity contribution in [2.45, 2.75) is 140 Å². The molecule has 9 heteroatoms. The zero-order valence-corrected chi connectivity index (χ0v) is 25.8. The Morgan fingerprint density at radius 2 is 1.64 bits per heavy atom. The van der Waals surface area contributed by atoms with Crippen LogP contribution in [0.5, 0.6) is 0 Å². The van der Waals surface area contributed by atoms with Crippen LogP contribution in [-0.4, -0.2) is 93.6 Å². The van der Waals surface area contributed by atoms with E-state index in [0.29, 0.717) is 47.8 Å². The van der Waals surface area contributed by atoms with Crippen molar-refractivity contribution in [3.63, 3.8) is 0 Å². The Bertz CT molecular complexity index is 1000. The second-order valence-corrected chi connectivity index (χ2v) is 16.0. The largest absolute Gasteiger partial charge is 0.394 e. The van der Waals surface area contributed by atoms with E-state index in [0.717, 1.165) is 58.0 Å². The lowest BCUT2D eigenvalue weighted by molar-refractivity contribution is -0.333. The molecule has 18 atom stereocenters. The number of ether oxygens (including phenoxy) is 4. The minimum Gasteiger partial charge on any atom is -0.394 e. The minimum atomic E-state index is -1.48. The van der Waals surface area contributed by atoms with E-state index in [1.807, 2.05) is 0 Å². The summed E-state index contributed by atoms with van der Waals surface area (Å²) in [5.41, 5.74) is -0.0253. The molecule has 1 spiro atoms. The average molecular weight is 595 g/mol. The molecule has 0 aromatic carbocycles. The summed E-state index contributed by atoms with van der Waals surface area (Å²) >= 11 is 0. The molecule has 3 heterocycles. The molecule has 240 valence electrons. The van der Waals surface area contributed by atoms with Gasteiger partial charge in [-0.3, -0.25) is 0 Å². The third-order valence-corrected chi connectivity index (χ3v) is 14.1. The van der Waals surface area contributed by atoms with Gasteiger partial charge >= 0.3 is 0 Å². The van der Waals surface area contributed by atoms with E-state index in [9.17, 15) is 25.5 Å². The van der Waals surface area contributed by atoms with Gasteiger partial charge in [-0.2, -0.15) is 0 Å². The third kappa shape index (κ3) is 4.28. The molecule has 4 saturated carbocycles. The summed E-state index contributed by atoms with van der Waals surface area (Å²) in [4.78, 5) is 0. The first-order valence-electron chi connectivity index (χ1n) is 16.9. The van der Waals surface area contributed by atoms with Gasteiger partial charge in [-0.1, -0.05) is 27.7 Å². The first-order chi connectivity index (χ1) is 19.9. The molecule has 7 rings (SSSR count). The Balaban J connectivity index is 1.14. The highest BCUT2D eigenvalue weighted by atomic mass is 16.7. The highest BCUT2D eigenvalue weighted by Gasteiger charge is 2.70. The Labute approximate surface area is 250 Å². The fourth-order valence-electron chi connectivity index (χ4n) is 11.8. The summed E-state index contributed by atoms with van der Waals surface area (Å²) in [5, 5.41) is 52.2. The van der Waals surface area contributed by atoms with E-state index < -0.39 is 49.2 Å². The number of aliphatic hydroxyl groups excluding tert-OH is 5. The van der Waals surface area contributed by atoms with Gasteiger partial charge in [0.25, 0.3) is 0 Å².